The van der Waals surface area contributed by atoms with Crippen LogP contribution < -0.4 is 4.90 Å². The van der Waals surface area contributed by atoms with Crippen LogP contribution in [0.5, 0.6) is 0 Å². The highest BCUT2D eigenvalue weighted by atomic mass is 16.1. The molecule has 1 aromatic carbocycles. The Kier molecular flexibility index (Phi) is 2.69. The largest absolute Gasteiger partial charge is 0.371 e. The summed E-state index contributed by atoms with van der Waals surface area (Å²) in [5.41, 5.74) is 3.96. The van der Waals surface area contributed by atoms with Crippen LogP contribution in [0.3, 0.4) is 0 Å². The Morgan fingerprint density at radius 3 is 2.39 bits per heavy atom. The van der Waals surface area contributed by atoms with Crippen LogP contribution in [0, 0.1) is 12.3 Å². The Hall–Kier alpha value is -1.31. The van der Waals surface area contributed by atoms with E-state index >= 15 is 0 Å². The number of benzene rings is 1. The summed E-state index contributed by atoms with van der Waals surface area (Å²) in [6, 6.07) is 6.18. The molecule has 96 valence electrons. The highest BCUT2D eigenvalue weighted by molar-refractivity contribution is 5.99. The lowest BCUT2D eigenvalue weighted by molar-refractivity contribution is 0.101. The summed E-state index contributed by atoms with van der Waals surface area (Å²) in [6.45, 7) is 5.99. The van der Waals surface area contributed by atoms with E-state index in [1.807, 2.05) is 12.1 Å². The lowest BCUT2D eigenvalue weighted by atomic mass is 9.92. The topological polar surface area (TPSA) is 20.3 Å². The van der Waals surface area contributed by atoms with Gasteiger partial charge in [0.1, 0.15) is 0 Å². The van der Waals surface area contributed by atoms with E-state index in [2.05, 4.69) is 17.9 Å². The van der Waals surface area contributed by atoms with E-state index in [0.717, 1.165) is 24.3 Å². The lowest BCUT2D eigenvalue weighted by Crippen LogP contribution is -2.35. The second-order valence-electron chi connectivity index (χ2n) is 6.06. The molecular formula is C16H21NO. The highest BCUT2D eigenvalue weighted by Crippen LogP contribution is 2.54. The van der Waals surface area contributed by atoms with E-state index in [-0.39, 0.29) is 5.78 Å². The normalized spacial score (nSPS) is 21.1. The van der Waals surface area contributed by atoms with Crippen molar-refractivity contribution in [1.29, 1.82) is 0 Å². The van der Waals surface area contributed by atoms with Crippen molar-refractivity contribution in [2.45, 2.75) is 39.5 Å². The van der Waals surface area contributed by atoms with Gasteiger partial charge >= 0.3 is 0 Å². The molecule has 0 radical (unpaired) electrons. The molecule has 3 rings (SSSR count). The Bertz CT molecular complexity index is 478. The molecule has 2 nitrogen and oxygen atoms in total. The number of Topliss-reactive ketones (excluding diaryl/α,β-unsaturated/α-hetero) is 1. The van der Waals surface area contributed by atoms with Gasteiger partial charge < -0.3 is 4.90 Å². The Morgan fingerprint density at radius 1 is 1.17 bits per heavy atom. The minimum Gasteiger partial charge on any atom is -0.371 e. The average Bonchev–Trinajstić information content (AvgIpc) is 3.09. The van der Waals surface area contributed by atoms with E-state index in [0.29, 0.717) is 5.41 Å². The smallest absolute Gasteiger partial charge is 0.161 e. The number of hydrogen-bond donors (Lipinski definition) is 0. The van der Waals surface area contributed by atoms with Gasteiger partial charge in [0.25, 0.3) is 0 Å². The fourth-order valence-electron chi connectivity index (χ4n) is 3.10. The van der Waals surface area contributed by atoms with Crippen molar-refractivity contribution in [2.24, 2.45) is 5.41 Å². The maximum Gasteiger partial charge on any atom is 0.161 e. The molecule has 1 aliphatic carbocycles. The molecule has 1 spiro atoms. The molecule has 2 aliphatic rings. The van der Waals surface area contributed by atoms with Crippen LogP contribution >= 0.6 is 0 Å². The van der Waals surface area contributed by atoms with E-state index in [1.165, 1.54) is 31.2 Å². The number of anilines is 1. The maximum atomic E-state index is 11.7. The SMILES string of the molecule is CC(=O)c1ccc(C)cc1N1CCC2(CC1)CC2. The summed E-state index contributed by atoms with van der Waals surface area (Å²) in [5.74, 6) is 0.178. The van der Waals surface area contributed by atoms with E-state index in [1.54, 1.807) is 6.92 Å². The number of carbonyl (C=O) groups is 1. The summed E-state index contributed by atoms with van der Waals surface area (Å²) in [7, 11) is 0. The number of rotatable bonds is 2. The lowest BCUT2D eigenvalue weighted by Gasteiger charge is -2.35. The number of nitrogens with zero attached hydrogens (tertiary/aromatic N) is 1. The Labute approximate surface area is 109 Å². The third-order valence-corrected chi connectivity index (χ3v) is 4.65. The molecule has 1 saturated heterocycles. The summed E-state index contributed by atoms with van der Waals surface area (Å²) < 4.78 is 0. The van der Waals surface area contributed by atoms with Gasteiger partial charge in [-0.25, -0.2) is 0 Å². The summed E-state index contributed by atoms with van der Waals surface area (Å²) in [5, 5.41) is 0. The van der Waals surface area contributed by atoms with E-state index < -0.39 is 0 Å². The van der Waals surface area contributed by atoms with Crippen LogP contribution in [0.4, 0.5) is 5.69 Å². The molecule has 2 fully saturated rings. The standard InChI is InChI=1S/C16H21NO/c1-12-3-4-14(13(2)18)15(11-12)17-9-7-16(5-6-16)8-10-17/h3-4,11H,5-10H2,1-2H3. The van der Waals surface area contributed by atoms with Gasteiger partial charge in [-0.3, -0.25) is 4.79 Å². The van der Waals surface area contributed by atoms with Crippen LogP contribution in [0.25, 0.3) is 0 Å². The van der Waals surface area contributed by atoms with Gasteiger partial charge in [-0.1, -0.05) is 6.07 Å². The zero-order valence-corrected chi connectivity index (χ0v) is 11.3. The molecule has 1 heterocycles. The summed E-state index contributed by atoms with van der Waals surface area (Å²) in [4.78, 5) is 14.1. The van der Waals surface area contributed by atoms with Gasteiger partial charge in [0, 0.05) is 24.3 Å². The zero-order valence-electron chi connectivity index (χ0n) is 11.3. The number of hydrogen-bond acceptors (Lipinski definition) is 2. The van der Waals surface area contributed by atoms with Gasteiger partial charge in [-0.15, -0.1) is 0 Å². The zero-order chi connectivity index (χ0) is 12.8. The van der Waals surface area contributed by atoms with Crippen LogP contribution in [-0.4, -0.2) is 18.9 Å². The quantitative estimate of drug-likeness (QED) is 0.740. The molecule has 0 aromatic heterocycles. The second-order valence-corrected chi connectivity index (χ2v) is 6.06. The molecule has 0 amide bonds. The third kappa shape index (κ3) is 2.05. The fraction of sp³-hybridized carbons (Fsp3) is 0.562. The molecule has 1 aliphatic heterocycles. The third-order valence-electron chi connectivity index (χ3n) is 4.65. The van der Waals surface area contributed by atoms with Gasteiger partial charge in [0.15, 0.2) is 5.78 Å². The minimum absolute atomic E-state index is 0.178. The monoisotopic (exact) mass is 243 g/mol. The van der Waals surface area contributed by atoms with Crippen molar-refractivity contribution >= 4 is 11.5 Å². The van der Waals surface area contributed by atoms with Gasteiger partial charge in [0.05, 0.1) is 0 Å². The molecular weight excluding hydrogens is 222 g/mol. The van der Waals surface area contributed by atoms with Crippen LogP contribution in [0.15, 0.2) is 18.2 Å². The first kappa shape index (κ1) is 11.8. The first-order chi connectivity index (χ1) is 8.60. The molecule has 0 N–H and O–H groups in total. The highest BCUT2D eigenvalue weighted by Gasteiger charge is 2.44. The molecule has 0 unspecified atom stereocenters. The number of carbonyl (C=O) groups excluding carboxylic acids is 1. The van der Waals surface area contributed by atoms with Gasteiger partial charge in [0.2, 0.25) is 0 Å². The fourth-order valence-corrected chi connectivity index (χ4v) is 3.10. The van der Waals surface area contributed by atoms with Crippen LogP contribution in [0.2, 0.25) is 0 Å². The van der Waals surface area contributed by atoms with Gasteiger partial charge in [-0.2, -0.15) is 0 Å². The van der Waals surface area contributed by atoms with Crippen molar-refractivity contribution in [3.8, 4) is 0 Å². The molecule has 2 heteroatoms. The Balaban J connectivity index is 1.86. The van der Waals surface area contributed by atoms with Crippen molar-refractivity contribution in [2.75, 3.05) is 18.0 Å². The molecule has 18 heavy (non-hydrogen) atoms. The van der Waals surface area contributed by atoms with Crippen molar-refractivity contribution in [1.82, 2.24) is 0 Å². The Morgan fingerprint density at radius 2 is 1.83 bits per heavy atom. The number of aryl methyl sites for hydroxylation is 1. The summed E-state index contributed by atoms with van der Waals surface area (Å²) >= 11 is 0. The maximum absolute atomic E-state index is 11.7. The van der Waals surface area contributed by atoms with Crippen molar-refractivity contribution < 1.29 is 4.79 Å². The number of piperidine rings is 1. The second kappa shape index (κ2) is 4.11. The first-order valence-corrected chi connectivity index (χ1v) is 6.96. The molecule has 0 bridgehead atoms. The molecule has 0 atom stereocenters. The minimum atomic E-state index is 0.178. The first-order valence-electron chi connectivity index (χ1n) is 6.96. The predicted octanol–water partition coefficient (Wildman–Crippen LogP) is 3.58. The van der Waals surface area contributed by atoms with E-state index in [9.17, 15) is 4.79 Å². The molecule has 1 aromatic rings. The van der Waals surface area contributed by atoms with Crippen molar-refractivity contribution in [3.63, 3.8) is 0 Å². The molecule has 1 saturated carbocycles. The van der Waals surface area contributed by atoms with Crippen LogP contribution in [0.1, 0.15) is 48.5 Å². The number of ketones is 1. The predicted molar refractivity (Wildman–Crippen MR) is 74.3 cm³/mol. The van der Waals surface area contributed by atoms with Crippen LogP contribution in [-0.2, 0) is 0 Å². The van der Waals surface area contributed by atoms with E-state index in [4.69, 9.17) is 0 Å². The van der Waals surface area contributed by atoms with Crippen molar-refractivity contribution in [3.05, 3.63) is 29.3 Å². The van der Waals surface area contributed by atoms with Gasteiger partial charge in [-0.05, 0) is 62.6 Å². The summed E-state index contributed by atoms with van der Waals surface area (Å²) in [6.07, 6.45) is 5.46. The average molecular weight is 243 g/mol.